The summed E-state index contributed by atoms with van der Waals surface area (Å²) in [4.78, 5) is 11.2. The molecule has 1 rings (SSSR count). The molecule has 0 saturated heterocycles. The van der Waals surface area contributed by atoms with E-state index in [1.807, 2.05) is 0 Å². The van der Waals surface area contributed by atoms with E-state index < -0.39 is 0 Å². The Labute approximate surface area is 123 Å². The van der Waals surface area contributed by atoms with E-state index in [1.54, 1.807) is 6.92 Å². The highest BCUT2D eigenvalue weighted by molar-refractivity contribution is 5.86. The number of carbonyl (C=O) groups excluding carboxylic acids is 1. The van der Waals surface area contributed by atoms with Crippen LogP contribution < -0.4 is 0 Å². The molecular formula is C17H30O3. The predicted octanol–water partition coefficient (Wildman–Crippen LogP) is 4.12. The molecule has 1 fully saturated rings. The molecule has 0 unspecified atom stereocenters. The molecule has 0 heterocycles. The van der Waals surface area contributed by atoms with Crippen molar-refractivity contribution in [3.8, 4) is 0 Å². The summed E-state index contributed by atoms with van der Waals surface area (Å²) < 4.78 is 10.9. The maximum absolute atomic E-state index is 11.2. The van der Waals surface area contributed by atoms with Crippen molar-refractivity contribution in [2.45, 2.75) is 65.9 Å². The lowest BCUT2D eigenvalue weighted by Gasteiger charge is -2.36. The van der Waals surface area contributed by atoms with Gasteiger partial charge in [0, 0.05) is 12.0 Å². The second-order valence-corrected chi connectivity index (χ2v) is 6.98. The average Bonchev–Trinajstić information content (AvgIpc) is 2.37. The maximum atomic E-state index is 11.2. The molecule has 0 radical (unpaired) electrons. The lowest BCUT2D eigenvalue weighted by Crippen LogP contribution is -2.29. The van der Waals surface area contributed by atoms with Gasteiger partial charge < -0.3 is 9.47 Å². The molecule has 0 spiro atoms. The molecule has 0 bridgehead atoms. The first-order valence-electron chi connectivity index (χ1n) is 7.75. The smallest absolute Gasteiger partial charge is 0.333 e. The number of hydrogen-bond acceptors (Lipinski definition) is 3. The standard InChI is InChI=1S/C17H30O3/c1-13(2)16(18)20-12-6-11-19-15-9-7-14(8-10-15)17(3,4)5/h14-15H,1,6-12H2,2-5H3. The molecule has 0 atom stereocenters. The second-order valence-electron chi connectivity index (χ2n) is 6.98. The number of hydrogen-bond donors (Lipinski definition) is 0. The quantitative estimate of drug-likeness (QED) is 0.418. The van der Waals surface area contributed by atoms with Gasteiger partial charge in [-0.25, -0.2) is 4.79 Å². The molecule has 0 aromatic rings. The highest BCUT2D eigenvalue weighted by atomic mass is 16.5. The third-order valence-electron chi connectivity index (χ3n) is 4.12. The van der Waals surface area contributed by atoms with Gasteiger partial charge in [-0.05, 0) is 43.9 Å². The molecule has 0 N–H and O–H groups in total. The zero-order valence-corrected chi connectivity index (χ0v) is 13.5. The van der Waals surface area contributed by atoms with Crippen molar-refractivity contribution in [1.82, 2.24) is 0 Å². The van der Waals surface area contributed by atoms with Gasteiger partial charge >= 0.3 is 5.97 Å². The van der Waals surface area contributed by atoms with Gasteiger partial charge in [0.25, 0.3) is 0 Å². The second kappa shape index (κ2) is 7.82. The fraction of sp³-hybridized carbons (Fsp3) is 0.824. The van der Waals surface area contributed by atoms with Crippen LogP contribution in [0.15, 0.2) is 12.2 Å². The zero-order valence-electron chi connectivity index (χ0n) is 13.5. The first kappa shape index (κ1) is 17.2. The normalized spacial score (nSPS) is 23.4. The minimum Gasteiger partial charge on any atom is -0.462 e. The summed E-state index contributed by atoms with van der Waals surface area (Å²) in [5.41, 5.74) is 0.869. The minimum absolute atomic E-state index is 0.310. The molecule has 0 amide bonds. The van der Waals surface area contributed by atoms with Gasteiger partial charge in [0.05, 0.1) is 19.3 Å². The summed E-state index contributed by atoms with van der Waals surface area (Å²) in [5, 5.41) is 0. The molecule has 3 nitrogen and oxygen atoms in total. The average molecular weight is 282 g/mol. The van der Waals surface area contributed by atoms with Crippen molar-refractivity contribution in [3.63, 3.8) is 0 Å². The van der Waals surface area contributed by atoms with Crippen LogP contribution in [0.3, 0.4) is 0 Å². The summed E-state index contributed by atoms with van der Waals surface area (Å²) in [6.45, 7) is 13.3. The van der Waals surface area contributed by atoms with E-state index in [9.17, 15) is 4.79 Å². The molecule has 1 aliphatic carbocycles. The van der Waals surface area contributed by atoms with Crippen molar-refractivity contribution < 1.29 is 14.3 Å². The first-order valence-corrected chi connectivity index (χ1v) is 7.75. The van der Waals surface area contributed by atoms with E-state index in [4.69, 9.17) is 9.47 Å². The van der Waals surface area contributed by atoms with E-state index in [0.717, 1.165) is 25.2 Å². The molecule has 116 valence electrons. The molecule has 3 heteroatoms. The molecule has 20 heavy (non-hydrogen) atoms. The summed E-state index contributed by atoms with van der Waals surface area (Å²) >= 11 is 0. The van der Waals surface area contributed by atoms with E-state index in [-0.39, 0.29) is 5.97 Å². The Kier molecular flexibility index (Phi) is 6.74. The molecular weight excluding hydrogens is 252 g/mol. The zero-order chi connectivity index (χ0) is 15.2. The Bertz CT molecular complexity index is 320. The number of carbonyl (C=O) groups is 1. The Balaban J connectivity index is 2.07. The fourth-order valence-electron chi connectivity index (χ4n) is 2.69. The van der Waals surface area contributed by atoms with Crippen LogP contribution in [-0.4, -0.2) is 25.3 Å². The molecule has 0 aliphatic heterocycles. The summed E-state index contributed by atoms with van der Waals surface area (Å²) in [6, 6.07) is 0. The third kappa shape index (κ3) is 6.08. The molecule has 1 saturated carbocycles. The van der Waals surface area contributed by atoms with Crippen LogP contribution in [0.1, 0.15) is 59.8 Å². The monoisotopic (exact) mass is 282 g/mol. The molecule has 0 aromatic carbocycles. The van der Waals surface area contributed by atoms with E-state index in [1.165, 1.54) is 12.8 Å². The lowest BCUT2D eigenvalue weighted by atomic mass is 9.72. The van der Waals surface area contributed by atoms with E-state index >= 15 is 0 Å². The van der Waals surface area contributed by atoms with Gasteiger partial charge in [-0.3, -0.25) is 0 Å². The van der Waals surface area contributed by atoms with Crippen LogP contribution in [-0.2, 0) is 14.3 Å². The van der Waals surface area contributed by atoms with Gasteiger partial charge in [-0.15, -0.1) is 0 Å². The van der Waals surface area contributed by atoms with Gasteiger partial charge in [0.15, 0.2) is 0 Å². The van der Waals surface area contributed by atoms with Gasteiger partial charge in [-0.1, -0.05) is 27.4 Å². The van der Waals surface area contributed by atoms with Crippen molar-refractivity contribution in [1.29, 1.82) is 0 Å². The number of esters is 1. The molecule has 1 aliphatic rings. The van der Waals surface area contributed by atoms with Crippen LogP contribution in [0, 0.1) is 11.3 Å². The van der Waals surface area contributed by atoms with Crippen LogP contribution in [0.4, 0.5) is 0 Å². The Hall–Kier alpha value is -0.830. The van der Waals surface area contributed by atoms with Gasteiger partial charge in [0.1, 0.15) is 0 Å². The third-order valence-corrected chi connectivity index (χ3v) is 4.12. The highest BCUT2D eigenvalue weighted by Gasteiger charge is 2.29. The molecule has 0 aromatic heterocycles. The summed E-state index contributed by atoms with van der Waals surface area (Å²) in [7, 11) is 0. The highest BCUT2D eigenvalue weighted by Crippen LogP contribution is 2.38. The van der Waals surface area contributed by atoms with Gasteiger partial charge in [-0.2, -0.15) is 0 Å². The first-order chi connectivity index (χ1) is 9.30. The maximum Gasteiger partial charge on any atom is 0.333 e. The van der Waals surface area contributed by atoms with Crippen molar-refractivity contribution in [3.05, 3.63) is 12.2 Å². The van der Waals surface area contributed by atoms with E-state index in [0.29, 0.717) is 30.3 Å². The van der Waals surface area contributed by atoms with Crippen molar-refractivity contribution in [2.75, 3.05) is 13.2 Å². The van der Waals surface area contributed by atoms with Crippen molar-refractivity contribution >= 4 is 5.97 Å². The van der Waals surface area contributed by atoms with Crippen LogP contribution in [0.5, 0.6) is 0 Å². The summed E-state index contributed by atoms with van der Waals surface area (Å²) in [5.74, 6) is 0.509. The van der Waals surface area contributed by atoms with E-state index in [2.05, 4.69) is 27.4 Å². The topological polar surface area (TPSA) is 35.5 Å². The number of rotatable bonds is 6. The SMILES string of the molecule is C=C(C)C(=O)OCCCOC1CCC(C(C)(C)C)CC1. The Morgan fingerprint density at radius 1 is 1.15 bits per heavy atom. The predicted molar refractivity (Wildman–Crippen MR) is 81.5 cm³/mol. The Morgan fingerprint density at radius 3 is 2.25 bits per heavy atom. The van der Waals surface area contributed by atoms with Crippen LogP contribution in [0.25, 0.3) is 0 Å². The fourth-order valence-corrected chi connectivity index (χ4v) is 2.69. The minimum atomic E-state index is -0.310. The van der Waals surface area contributed by atoms with Crippen LogP contribution in [0.2, 0.25) is 0 Å². The van der Waals surface area contributed by atoms with Crippen LogP contribution >= 0.6 is 0 Å². The number of ether oxygens (including phenoxy) is 2. The Morgan fingerprint density at radius 2 is 1.75 bits per heavy atom. The van der Waals surface area contributed by atoms with Crippen molar-refractivity contribution in [2.24, 2.45) is 11.3 Å². The van der Waals surface area contributed by atoms with Gasteiger partial charge in [0.2, 0.25) is 0 Å². The largest absolute Gasteiger partial charge is 0.462 e. The summed E-state index contributed by atoms with van der Waals surface area (Å²) in [6.07, 6.45) is 6.00. The lowest BCUT2D eigenvalue weighted by molar-refractivity contribution is -0.139.